The molecule has 2 amide bonds. The highest BCUT2D eigenvalue weighted by Gasteiger charge is 2.06. The summed E-state index contributed by atoms with van der Waals surface area (Å²) in [5.41, 5.74) is -0.106. The van der Waals surface area contributed by atoms with Gasteiger partial charge in [0.15, 0.2) is 0 Å². The lowest BCUT2D eigenvalue weighted by atomic mass is 10.3. The molecule has 2 N–H and O–H groups in total. The van der Waals surface area contributed by atoms with Crippen LogP contribution in [0.5, 0.6) is 0 Å². The summed E-state index contributed by atoms with van der Waals surface area (Å²) in [6.45, 7) is 0.0364. The van der Waals surface area contributed by atoms with Gasteiger partial charge in [-0.3, -0.25) is 0 Å². The molecule has 0 saturated carbocycles. The van der Waals surface area contributed by atoms with Gasteiger partial charge in [-0.15, -0.1) is 6.42 Å². The van der Waals surface area contributed by atoms with Crippen molar-refractivity contribution < 1.29 is 13.6 Å². The molecule has 1 aromatic rings. The van der Waals surface area contributed by atoms with E-state index < -0.39 is 17.7 Å². The molecule has 5 heteroatoms. The summed E-state index contributed by atoms with van der Waals surface area (Å²) in [7, 11) is 0. The molecule has 15 heavy (non-hydrogen) atoms. The van der Waals surface area contributed by atoms with E-state index in [0.717, 1.165) is 12.1 Å². The van der Waals surface area contributed by atoms with Crippen LogP contribution in [-0.2, 0) is 0 Å². The van der Waals surface area contributed by atoms with Crippen molar-refractivity contribution in [2.24, 2.45) is 0 Å². The smallest absolute Gasteiger partial charge is 0.320 e. The van der Waals surface area contributed by atoms with Gasteiger partial charge < -0.3 is 10.6 Å². The Hall–Kier alpha value is -2.09. The van der Waals surface area contributed by atoms with Crippen LogP contribution in [0.2, 0.25) is 0 Å². The highest BCUT2D eigenvalue weighted by Crippen LogP contribution is 2.14. The molecule has 0 fully saturated rings. The lowest BCUT2D eigenvalue weighted by Gasteiger charge is -2.06. The molecule has 0 unspecified atom stereocenters. The van der Waals surface area contributed by atoms with E-state index in [4.69, 9.17) is 6.42 Å². The van der Waals surface area contributed by atoms with E-state index in [0.29, 0.717) is 6.07 Å². The first kappa shape index (κ1) is 11.0. The Labute approximate surface area is 85.5 Å². The van der Waals surface area contributed by atoms with Crippen molar-refractivity contribution >= 4 is 11.7 Å². The number of anilines is 1. The zero-order valence-corrected chi connectivity index (χ0v) is 7.68. The van der Waals surface area contributed by atoms with Gasteiger partial charge in [0.1, 0.15) is 11.6 Å². The minimum Gasteiger partial charge on any atom is -0.327 e. The van der Waals surface area contributed by atoms with Gasteiger partial charge in [0, 0.05) is 6.07 Å². The molecule has 1 rings (SSSR count). The second-order valence-electron chi connectivity index (χ2n) is 2.64. The molecule has 0 radical (unpaired) electrons. The lowest BCUT2D eigenvalue weighted by molar-refractivity contribution is 0.253. The first-order chi connectivity index (χ1) is 7.13. The quantitative estimate of drug-likeness (QED) is 0.717. The van der Waals surface area contributed by atoms with Gasteiger partial charge in [-0.2, -0.15) is 0 Å². The number of rotatable bonds is 2. The minimum absolute atomic E-state index is 0.0364. The topological polar surface area (TPSA) is 41.1 Å². The molecule has 0 spiro atoms. The van der Waals surface area contributed by atoms with Gasteiger partial charge in [-0.1, -0.05) is 5.92 Å². The van der Waals surface area contributed by atoms with Crippen molar-refractivity contribution in [3.63, 3.8) is 0 Å². The molecule has 3 nitrogen and oxygen atoms in total. The second-order valence-corrected chi connectivity index (χ2v) is 2.64. The second kappa shape index (κ2) is 4.96. The number of benzene rings is 1. The van der Waals surface area contributed by atoms with Crippen molar-refractivity contribution in [1.29, 1.82) is 0 Å². The molecule has 0 saturated heterocycles. The maximum atomic E-state index is 13.0. The van der Waals surface area contributed by atoms with Gasteiger partial charge in [0.05, 0.1) is 12.2 Å². The van der Waals surface area contributed by atoms with E-state index >= 15 is 0 Å². The first-order valence-electron chi connectivity index (χ1n) is 4.07. The summed E-state index contributed by atoms with van der Waals surface area (Å²) in [5.74, 6) is 0.634. The van der Waals surface area contributed by atoms with Gasteiger partial charge in [-0.25, -0.2) is 13.6 Å². The number of urea groups is 1. The number of terminal acetylenes is 1. The van der Waals surface area contributed by atoms with Crippen molar-refractivity contribution in [1.82, 2.24) is 5.32 Å². The number of hydrogen-bond acceptors (Lipinski definition) is 1. The van der Waals surface area contributed by atoms with Crippen LogP contribution in [0.15, 0.2) is 18.2 Å². The molecule has 78 valence electrons. The Morgan fingerprint density at radius 3 is 2.80 bits per heavy atom. The zero-order valence-electron chi connectivity index (χ0n) is 7.68. The fraction of sp³-hybridized carbons (Fsp3) is 0.100. The van der Waals surface area contributed by atoms with E-state index in [2.05, 4.69) is 16.6 Å². The highest BCUT2D eigenvalue weighted by atomic mass is 19.1. The van der Waals surface area contributed by atoms with Crippen LogP contribution in [0.25, 0.3) is 0 Å². The van der Waals surface area contributed by atoms with E-state index in [-0.39, 0.29) is 12.2 Å². The zero-order chi connectivity index (χ0) is 11.3. The van der Waals surface area contributed by atoms with E-state index in [9.17, 15) is 13.6 Å². The molecule has 0 aromatic heterocycles. The summed E-state index contributed by atoms with van der Waals surface area (Å²) in [6.07, 6.45) is 4.90. The van der Waals surface area contributed by atoms with Crippen LogP contribution < -0.4 is 10.6 Å². The minimum atomic E-state index is -0.842. The highest BCUT2D eigenvalue weighted by molar-refractivity contribution is 5.89. The van der Waals surface area contributed by atoms with E-state index in [1.54, 1.807) is 0 Å². The Morgan fingerprint density at radius 1 is 1.47 bits per heavy atom. The summed E-state index contributed by atoms with van der Waals surface area (Å²) in [6, 6.07) is 2.20. The maximum absolute atomic E-state index is 13.0. The third kappa shape index (κ3) is 3.27. The fourth-order valence-corrected chi connectivity index (χ4v) is 0.889. The van der Waals surface area contributed by atoms with Crippen molar-refractivity contribution in [3.05, 3.63) is 29.8 Å². The van der Waals surface area contributed by atoms with Gasteiger partial charge in [0.25, 0.3) is 0 Å². The first-order valence-corrected chi connectivity index (χ1v) is 4.07. The normalized spacial score (nSPS) is 9.13. The third-order valence-electron chi connectivity index (χ3n) is 1.53. The molecule has 0 bridgehead atoms. The number of hydrogen-bond donors (Lipinski definition) is 2. The summed E-state index contributed by atoms with van der Waals surface area (Å²) >= 11 is 0. The average Bonchev–Trinajstić information content (AvgIpc) is 2.19. The van der Waals surface area contributed by atoms with Crippen LogP contribution in [0, 0.1) is 24.0 Å². The molecule has 0 atom stereocenters. The molecule has 1 aromatic carbocycles. The summed E-state index contributed by atoms with van der Waals surface area (Å²) in [5, 5.41) is 4.46. The lowest BCUT2D eigenvalue weighted by Crippen LogP contribution is -2.29. The van der Waals surface area contributed by atoms with E-state index in [1.807, 2.05) is 0 Å². The molecular weight excluding hydrogens is 202 g/mol. The largest absolute Gasteiger partial charge is 0.327 e. The van der Waals surface area contributed by atoms with Crippen molar-refractivity contribution in [2.45, 2.75) is 0 Å². The van der Waals surface area contributed by atoms with Crippen molar-refractivity contribution in [2.75, 3.05) is 11.9 Å². The SMILES string of the molecule is C#CCNC(=O)Nc1ccc(F)cc1F. The number of halogens is 2. The predicted molar refractivity (Wildman–Crippen MR) is 52.2 cm³/mol. The van der Waals surface area contributed by atoms with Crippen LogP contribution >= 0.6 is 0 Å². The average molecular weight is 210 g/mol. The fourth-order valence-electron chi connectivity index (χ4n) is 0.889. The molecule has 0 aliphatic heterocycles. The third-order valence-corrected chi connectivity index (χ3v) is 1.53. The Balaban J connectivity index is 2.65. The molecular formula is C10H8F2N2O. The Bertz CT molecular complexity index is 412. The van der Waals surface area contributed by atoms with Gasteiger partial charge in [0.2, 0.25) is 0 Å². The van der Waals surface area contributed by atoms with Crippen molar-refractivity contribution in [3.8, 4) is 12.3 Å². The standard InChI is InChI=1S/C10H8F2N2O/c1-2-5-13-10(15)14-9-4-3-7(11)6-8(9)12/h1,3-4,6H,5H2,(H2,13,14,15). The summed E-state index contributed by atoms with van der Waals surface area (Å²) < 4.78 is 25.5. The number of nitrogens with one attached hydrogen (secondary N) is 2. The predicted octanol–water partition coefficient (Wildman–Crippen LogP) is 1.72. The van der Waals surface area contributed by atoms with Crippen LogP contribution in [-0.4, -0.2) is 12.6 Å². The Kier molecular flexibility index (Phi) is 3.63. The Morgan fingerprint density at radius 2 is 2.20 bits per heavy atom. The summed E-state index contributed by atoms with van der Waals surface area (Å²) in [4.78, 5) is 11.0. The number of carbonyl (C=O) groups is 1. The van der Waals surface area contributed by atoms with Crippen LogP contribution in [0.1, 0.15) is 0 Å². The van der Waals surface area contributed by atoms with E-state index in [1.165, 1.54) is 0 Å². The van der Waals surface area contributed by atoms with Gasteiger partial charge >= 0.3 is 6.03 Å². The molecule has 0 aliphatic carbocycles. The monoisotopic (exact) mass is 210 g/mol. The maximum Gasteiger partial charge on any atom is 0.320 e. The number of amides is 2. The van der Waals surface area contributed by atoms with Gasteiger partial charge in [-0.05, 0) is 12.1 Å². The molecule has 0 heterocycles. The van der Waals surface area contributed by atoms with Crippen LogP contribution in [0.4, 0.5) is 19.3 Å². The number of carbonyl (C=O) groups excluding carboxylic acids is 1. The van der Waals surface area contributed by atoms with Crippen LogP contribution in [0.3, 0.4) is 0 Å². The molecule has 0 aliphatic rings.